The zero-order valence-electron chi connectivity index (χ0n) is 14.2. The minimum atomic E-state index is 0.785. The van der Waals surface area contributed by atoms with Gasteiger partial charge in [0.05, 0.1) is 11.6 Å². The zero-order valence-corrected chi connectivity index (χ0v) is 15.0. The lowest BCUT2D eigenvalue weighted by Gasteiger charge is -2.18. The van der Waals surface area contributed by atoms with Gasteiger partial charge in [0.1, 0.15) is 17.0 Å². The Morgan fingerprint density at radius 2 is 2.29 bits per heavy atom. The van der Waals surface area contributed by atoms with Gasteiger partial charge in [-0.15, -0.1) is 11.3 Å². The summed E-state index contributed by atoms with van der Waals surface area (Å²) < 4.78 is 0. The van der Waals surface area contributed by atoms with Crippen LogP contribution in [0, 0.1) is 12.8 Å². The Labute approximate surface area is 145 Å². The molecule has 6 heteroatoms. The van der Waals surface area contributed by atoms with Gasteiger partial charge in [0.25, 0.3) is 0 Å². The van der Waals surface area contributed by atoms with Gasteiger partial charge in [-0.05, 0) is 56.1 Å². The van der Waals surface area contributed by atoms with Crippen molar-refractivity contribution in [1.82, 2.24) is 20.2 Å². The van der Waals surface area contributed by atoms with E-state index in [0.29, 0.717) is 0 Å². The van der Waals surface area contributed by atoms with Crippen molar-refractivity contribution in [3.05, 3.63) is 34.2 Å². The summed E-state index contributed by atoms with van der Waals surface area (Å²) in [5.74, 6) is 1.80. The molecule has 1 aliphatic carbocycles. The molecular formula is C18H23N5S. The number of aryl methyl sites for hydroxylation is 3. The predicted molar refractivity (Wildman–Crippen MR) is 98.7 cm³/mol. The van der Waals surface area contributed by atoms with Gasteiger partial charge in [-0.3, -0.25) is 5.10 Å². The molecule has 1 aliphatic rings. The van der Waals surface area contributed by atoms with E-state index in [0.717, 1.165) is 42.4 Å². The van der Waals surface area contributed by atoms with E-state index in [1.165, 1.54) is 39.9 Å². The second-order valence-electron chi connectivity index (χ2n) is 6.80. The maximum absolute atomic E-state index is 4.52. The summed E-state index contributed by atoms with van der Waals surface area (Å²) in [5, 5.41) is 11.9. The number of rotatable bonds is 5. The third-order valence-corrected chi connectivity index (χ3v) is 6.10. The average molecular weight is 341 g/mol. The average Bonchev–Trinajstić information content (AvgIpc) is 3.14. The summed E-state index contributed by atoms with van der Waals surface area (Å²) in [5.41, 5.74) is 3.95. The van der Waals surface area contributed by atoms with Gasteiger partial charge >= 0.3 is 0 Å². The second-order valence-corrected chi connectivity index (χ2v) is 7.89. The van der Waals surface area contributed by atoms with Crippen LogP contribution in [0.1, 0.15) is 41.5 Å². The van der Waals surface area contributed by atoms with E-state index < -0.39 is 0 Å². The highest BCUT2D eigenvalue weighted by Crippen LogP contribution is 2.39. The first-order valence-electron chi connectivity index (χ1n) is 8.70. The van der Waals surface area contributed by atoms with Crippen molar-refractivity contribution < 1.29 is 0 Å². The molecule has 0 aliphatic heterocycles. The number of nitrogens with zero attached hydrogens (tertiary/aromatic N) is 3. The number of anilines is 1. The van der Waals surface area contributed by atoms with Crippen molar-refractivity contribution in [3.63, 3.8) is 0 Å². The minimum absolute atomic E-state index is 0.785. The van der Waals surface area contributed by atoms with E-state index in [4.69, 9.17) is 0 Å². The lowest BCUT2D eigenvalue weighted by molar-refractivity contribution is 0.509. The molecule has 126 valence electrons. The molecule has 5 nitrogen and oxygen atoms in total. The van der Waals surface area contributed by atoms with Crippen molar-refractivity contribution in [2.24, 2.45) is 5.92 Å². The van der Waals surface area contributed by atoms with Crippen molar-refractivity contribution in [2.75, 3.05) is 11.9 Å². The normalized spacial score (nSPS) is 17.2. The third kappa shape index (κ3) is 2.90. The van der Waals surface area contributed by atoms with Gasteiger partial charge in [0.2, 0.25) is 0 Å². The molecule has 3 aromatic rings. The Balaban J connectivity index is 1.49. The van der Waals surface area contributed by atoms with Crippen molar-refractivity contribution in [3.8, 4) is 0 Å². The summed E-state index contributed by atoms with van der Waals surface area (Å²) in [6, 6.07) is 0. The molecule has 1 atom stereocenters. The minimum Gasteiger partial charge on any atom is -0.369 e. The van der Waals surface area contributed by atoms with E-state index in [1.807, 2.05) is 17.5 Å². The van der Waals surface area contributed by atoms with Gasteiger partial charge in [0, 0.05) is 17.1 Å². The van der Waals surface area contributed by atoms with E-state index in [-0.39, 0.29) is 0 Å². The zero-order chi connectivity index (χ0) is 16.5. The topological polar surface area (TPSA) is 66.5 Å². The highest BCUT2D eigenvalue weighted by molar-refractivity contribution is 7.19. The molecule has 3 heterocycles. The van der Waals surface area contributed by atoms with Gasteiger partial charge in [-0.25, -0.2) is 9.97 Å². The molecule has 1 unspecified atom stereocenters. The smallest absolute Gasteiger partial charge is 0.138 e. The Morgan fingerprint density at radius 3 is 3.12 bits per heavy atom. The molecule has 0 fully saturated rings. The molecule has 24 heavy (non-hydrogen) atoms. The number of H-pyrrole nitrogens is 1. The molecule has 2 N–H and O–H groups in total. The molecule has 0 bridgehead atoms. The van der Waals surface area contributed by atoms with Crippen molar-refractivity contribution in [1.29, 1.82) is 0 Å². The molecule has 3 aromatic heterocycles. The van der Waals surface area contributed by atoms with Crippen LogP contribution in [-0.2, 0) is 19.3 Å². The molecule has 0 aromatic carbocycles. The lowest BCUT2D eigenvalue weighted by atomic mass is 9.89. The molecule has 0 saturated heterocycles. The Bertz CT molecular complexity index is 850. The van der Waals surface area contributed by atoms with Crippen LogP contribution in [0.2, 0.25) is 0 Å². The number of aromatic amines is 1. The fraction of sp³-hybridized carbons (Fsp3) is 0.500. The van der Waals surface area contributed by atoms with Crippen LogP contribution in [0.4, 0.5) is 5.82 Å². The third-order valence-electron chi connectivity index (χ3n) is 4.94. The first-order chi connectivity index (χ1) is 11.7. The lowest BCUT2D eigenvalue weighted by Crippen LogP contribution is -2.10. The molecular weight excluding hydrogens is 318 g/mol. The molecule has 0 radical (unpaired) electrons. The number of nitrogens with one attached hydrogen (secondary N) is 2. The summed E-state index contributed by atoms with van der Waals surface area (Å²) in [6.07, 6.45) is 9.33. The molecule has 0 saturated carbocycles. The summed E-state index contributed by atoms with van der Waals surface area (Å²) >= 11 is 1.85. The van der Waals surface area contributed by atoms with Crippen molar-refractivity contribution >= 4 is 27.4 Å². The standard InChI is InChI=1S/C18H23N5S/c1-11-5-6-14-15(8-11)24-18-16(14)17(20-10-21-18)19-7-3-4-13-9-22-23-12(13)2/h9-11H,3-8H2,1-2H3,(H,22,23)(H,19,20,21). The Hall–Kier alpha value is -1.95. The highest BCUT2D eigenvalue weighted by atomic mass is 32.1. The predicted octanol–water partition coefficient (Wildman–Crippen LogP) is 3.89. The summed E-state index contributed by atoms with van der Waals surface area (Å²) in [7, 11) is 0. The second kappa shape index (κ2) is 6.51. The van der Waals surface area contributed by atoms with E-state index in [9.17, 15) is 0 Å². The quantitative estimate of drug-likeness (QED) is 0.691. The number of hydrogen-bond donors (Lipinski definition) is 2. The van der Waals surface area contributed by atoms with Gasteiger partial charge in [-0.1, -0.05) is 6.92 Å². The van der Waals surface area contributed by atoms with Crippen LogP contribution < -0.4 is 5.32 Å². The van der Waals surface area contributed by atoms with E-state index in [1.54, 1.807) is 6.33 Å². The van der Waals surface area contributed by atoms with E-state index in [2.05, 4.69) is 39.3 Å². The van der Waals surface area contributed by atoms with Crippen LogP contribution in [0.25, 0.3) is 10.2 Å². The van der Waals surface area contributed by atoms with Crippen LogP contribution in [0.5, 0.6) is 0 Å². The number of hydrogen-bond acceptors (Lipinski definition) is 5. The van der Waals surface area contributed by atoms with Gasteiger partial charge in [0.15, 0.2) is 0 Å². The molecule has 0 spiro atoms. The molecule has 0 amide bonds. The fourth-order valence-electron chi connectivity index (χ4n) is 3.52. The largest absolute Gasteiger partial charge is 0.369 e. The highest BCUT2D eigenvalue weighted by Gasteiger charge is 2.22. The van der Waals surface area contributed by atoms with Crippen LogP contribution >= 0.6 is 11.3 Å². The van der Waals surface area contributed by atoms with Gasteiger partial charge < -0.3 is 5.32 Å². The van der Waals surface area contributed by atoms with Crippen LogP contribution in [-0.4, -0.2) is 26.7 Å². The SMILES string of the molecule is Cc1[nH]ncc1CCCNc1ncnc2sc3c(c12)CCC(C)C3. The number of aromatic nitrogens is 4. The number of fused-ring (bicyclic) bond motifs is 3. The van der Waals surface area contributed by atoms with Crippen molar-refractivity contribution in [2.45, 2.75) is 46.0 Å². The maximum atomic E-state index is 4.52. The van der Waals surface area contributed by atoms with Crippen LogP contribution in [0.15, 0.2) is 12.5 Å². The van der Waals surface area contributed by atoms with Crippen LogP contribution in [0.3, 0.4) is 0 Å². The maximum Gasteiger partial charge on any atom is 0.138 e. The molecule has 4 rings (SSSR count). The fourth-order valence-corrected chi connectivity index (χ4v) is 4.87. The summed E-state index contributed by atoms with van der Waals surface area (Å²) in [6.45, 7) is 5.33. The first kappa shape index (κ1) is 15.6. The summed E-state index contributed by atoms with van der Waals surface area (Å²) in [4.78, 5) is 11.7. The Kier molecular flexibility index (Phi) is 4.22. The Morgan fingerprint density at radius 1 is 1.38 bits per heavy atom. The van der Waals surface area contributed by atoms with E-state index >= 15 is 0 Å². The monoisotopic (exact) mass is 341 g/mol. The van der Waals surface area contributed by atoms with Gasteiger partial charge in [-0.2, -0.15) is 5.10 Å². The first-order valence-corrected chi connectivity index (χ1v) is 9.52. The number of thiophene rings is 1.